The number of nitrogens with zero attached hydrogens (tertiary/aromatic N) is 1. The molecule has 1 aliphatic heterocycles. The number of nitrogens with one attached hydrogen (secondary N) is 2. The van der Waals surface area contributed by atoms with E-state index in [4.69, 9.17) is 4.98 Å². The van der Waals surface area contributed by atoms with Gasteiger partial charge in [-0.15, -0.1) is 0 Å². The Kier molecular flexibility index (Phi) is 1.93. The van der Waals surface area contributed by atoms with Crippen LogP contribution in [-0.4, -0.2) is 23.1 Å². The van der Waals surface area contributed by atoms with E-state index in [-0.39, 0.29) is 5.41 Å². The third-order valence-electron chi connectivity index (χ3n) is 4.05. The molecule has 0 radical (unpaired) electrons. The zero-order chi connectivity index (χ0) is 10.5. The van der Waals surface area contributed by atoms with E-state index >= 15 is 0 Å². The monoisotopic (exact) mass is 205 g/mol. The summed E-state index contributed by atoms with van der Waals surface area (Å²) in [5.74, 6) is 1.87. The maximum absolute atomic E-state index is 4.83. The molecule has 0 spiro atoms. The molecule has 1 aliphatic carbocycles. The molecule has 2 unspecified atom stereocenters. The lowest BCUT2D eigenvalue weighted by molar-refractivity contribution is 0.490. The smallest absolute Gasteiger partial charge is 0.113 e. The first-order chi connectivity index (χ1) is 7.19. The topological polar surface area (TPSA) is 40.7 Å². The average Bonchev–Trinajstić information content (AvgIpc) is 2.85. The van der Waals surface area contributed by atoms with Gasteiger partial charge in [-0.1, -0.05) is 13.8 Å². The van der Waals surface area contributed by atoms with Gasteiger partial charge in [0.2, 0.25) is 0 Å². The lowest BCUT2D eigenvalue weighted by Gasteiger charge is -2.19. The Hall–Kier alpha value is -0.830. The highest BCUT2D eigenvalue weighted by Crippen LogP contribution is 2.35. The zero-order valence-corrected chi connectivity index (χ0v) is 9.56. The van der Waals surface area contributed by atoms with E-state index < -0.39 is 0 Å². The second-order valence-electron chi connectivity index (χ2n) is 5.38. The predicted octanol–water partition coefficient (Wildman–Crippen LogP) is 1.71. The molecule has 3 heteroatoms. The number of hydrogen-bond acceptors (Lipinski definition) is 2. The molecule has 2 atom stereocenters. The van der Waals surface area contributed by atoms with E-state index in [0.717, 1.165) is 13.1 Å². The highest BCUT2D eigenvalue weighted by molar-refractivity contribution is 5.27. The minimum atomic E-state index is 0.240. The van der Waals surface area contributed by atoms with Crippen molar-refractivity contribution < 1.29 is 0 Å². The van der Waals surface area contributed by atoms with E-state index in [2.05, 4.69) is 24.1 Å². The van der Waals surface area contributed by atoms with Gasteiger partial charge in [0.05, 0.1) is 5.69 Å². The zero-order valence-electron chi connectivity index (χ0n) is 9.56. The summed E-state index contributed by atoms with van der Waals surface area (Å²) in [6.07, 6.45) is 3.66. The molecule has 0 saturated carbocycles. The maximum Gasteiger partial charge on any atom is 0.113 e. The molecular formula is C12H19N3. The van der Waals surface area contributed by atoms with Gasteiger partial charge in [0, 0.05) is 23.6 Å². The van der Waals surface area contributed by atoms with Crippen LogP contribution in [0.1, 0.15) is 49.8 Å². The molecule has 3 nitrogen and oxygen atoms in total. The van der Waals surface area contributed by atoms with Gasteiger partial charge in [-0.05, 0) is 25.8 Å². The van der Waals surface area contributed by atoms with E-state index in [1.54, 1.807) is 0 Å². The van der Waals surface area contributed by atoms with Crippen LogP contribution in [0, 0.1) is 0 Å². The van der Waals surface area contributed by atoms with Crippen molar-refractivity contribution in [1.29, 1.82) is 0 Å². The molecule has 2 heterocycles. The van der Waals surface area contributed by atoms with Crippen LogP contribution in [0.3, 0.4) is 0 Å². The number of rotatable bonds is 1. The van der Waals surface area contributed by atoms with Crippen molar-refractivity contribution in [2.45, 2.75) is 44.4 Å². The first-order valence-corrected chi connectivity index (χ1v) is 5.99. The van der Waals surface area contributed by atoms with Crippen LogP contribution in [0.2, 0.25) is 0 Å². The number of imidazole rings is 1. The molecule has 15 heavy (non-hydrogen) atoms. The number of H-pyrrole nitrogens is 1. The summed E-state index contributed by atoms with van der Waals surface area (Å²) in [6, 6.07) is 0. The van der Waals surface area contributed by atoms with Crippen LogP contribution in [0.25, 0.3) is 0 Å². The molecular weight excluding hydrogens is 186 g/mol. The molecule has 1 aromatic rings. The summed E-state index contributed by atoms with van der Waals surface area (Å²) < 4.78 is 0. The van der Waals surface area contributed by atoms with Crippen LogP contribution < -0.4 is 5.32 Å². The summed E-state index contributed by atoms with van der Waals surface area (Å²) in [7, 11) is 0. The van der Waals surface area contributed by atoms with Gasteiger partial charge in [-0.25, -0.2) is 4.98 Å². The molecule has 1 fully saturated rings. The van der Waals surface area contributed by atoms with Gasteiger partial charge in [0.25, 0.3) is 0 Å². The van der Waals surface area contributed by atoms with Gasteiger partial charge in [0.15, 0.2) is 0 Å². The first-order valence-electron chi connectivity index (χ1n) is 5.99. The molecule has 0 bridgehead atoms. The highest BCUT2D eigenvalue weighted by atomic mass is 15.0. The summed E-state index contributed by atoms with van der Waals surface area (Å²) in [4.78, 5) is 8.39. The summed E-state index contributed by atoms with van der Waals surface area (Å²) >= 11 is 0. The minimum absolute atomic E-state index is 0.240. The minimum Gasteiger partial charge on any atom is -0.345 e. The van der Waals surface area contributed by atoms with Crippen molar-refractivity contribution in [3.8, 4) is 0 Å². The number of aromatic amines is 1. The Bertz CT molecular complexity index is 374. The van der Waals surface area contributed by atoms with Gasteiger partial charge >= 0.3 is 0 Å². The first kappa shape index (κ1) is 9.40. The molecule has 1 saturated heterocycles. The number of aryl methyl sites for hydroxylation is 1. The second-order valence-corrected chi connectivity index (χ2v) is 5.38. The molecule has 0 aromatic carbocycles. The standard InChI is InChI=1S/C12H19N3/c1-8-3-4-9-10(8)15-11(14-9)12(2)5-6-13-7-12/h8,13H,3-7H2,1-2H3,(H,14,15). The quantitative estimate of drug-likeness (QED) is 0.732. The molecule has 3 rings (SSSR count). The van der Waals surface area contributed by atoms with E-state index in [0.29, 0.717) is 5.92 Å². The van der Waals surface area contributed by atoms with Crippen molar-refractivity contribution in [3.05, 3.63) is 17.2 Å². The van der Waals surface area contributed by atoms with E-state index in [1.807, 2.05) is 0 Å². The third-order valence-corrected chi connectivity index (χ3v) is 4.05. The fourth-order valence-electron chi connectivity index (χ4n) is 2.82. The van der Waals surface area contributed by atoms with Crippen molar-refractivity contribution in [1.82, 2.24) is 15.3 Å². The number of fused-ring (bicyclic) bond motifs is 1. The Morgan fingerprint density at radius 3 is 3.00 bits per heavy atom. The Morgan fingerprint density at radius 1 is 1.47 bits per heavy atom. The number of hydrogen-bond donors (Lipinski definition) is 2. The SMILES string of the molecule is CC1CCc2[nH]c(C3(C)CCNC3)nc21. The van der Waals surface area contributed by atoms with Crippen molar-refractivity contribution >= 4 is 0 Å². The third kappa shape index (κ3) is 1.33. The normalized spacial score (nSPS) is 34.7. The summed E-state index contributed by atoms with van der Waals surface area (Å²) in [5, 5.41) is 3.43. The lowest BCUT2D eigenvalue weighted by atomic mass is 9.89. The molecule has 1 aromatic heterocycles. The van der Waals surface area contributed by atoms with Crippen molar-refractivity contribution in [3.63, 3.8) is 0 Å². The largest absolute Gasteiger partial charge is 0.345 e. The van der Waals surface area contributed by atoms with Crippen molar-refractivity contribution in [2.24, 2.45) is 0 Å². The van der Waals surface area contributed by atoms with Gasteiger partial charge < -0.3 is 10.3 Å². The fourth-order valence-corrected chi connectivity index (χ4v) is 2.82. The van der Waals surface area contributed by atoms with Crippen LogP contribution in [0.15, 0.2) is 0 Å². The van der Waals surface area contributed by atoms with Crippen LogP contribution in [0.4, 0.5) is 0 Å². The van der Waals surface area contributed by atoms with E-state index in [9.17, 15) is 0 Å². The number of aromatic nitrogens is 2. The van der Waals surface area contributed by atoms with Gasteiger partial charge in [-0.3, -0.25) is 0 Å². The Balaban J connectivity index is 1.97. The maximum atomic E-state index is 4.83. The van der Waals surface area contributed by atoms with Gasteiger partial charge in [-0.2, -0.15) is 0 Å². The average molecular weight is 205 g/mol. The van der Waals surface area contributed by atoms with Gasteiger partial charge in [0.1, 0.15) is 5.82 Å². The van der Waals surface area contributed by atoms with Crippen LogP contribution >= 0.6 is 0 Å². The Morgan fingerprint density at radius 2 is 2.33 bits per heavy atom. The summed E-state index contributed by atoms with van der Waals surface area (Å²) in [6.45, 7) is 6.78. The molecule has 0 amide bonds. The Labute approximate surface area is 90.7 Å². The molecule has 2 N–H and O–H groups in total. The lowest BCUT2D eigenvalue weighted by Crippen LogP contribution is -2.26. The summed E-state index contributed by atoms with van der Waals surface area (Å²) in [5.41, 5.74) is 2.97. The highest BCUT2D eigenvalue weighted by Gasteiger charge is 2.35. The second kappa shape index (κ2) is 3.08. The van der Waals surface area contributed by atoms with Crippen molar-refractivity contribution in [2.75, 3.05) is 13.1 Å². The van der Waals surface area contributed by atoms with E-state index in [1.165, 1.54) is 36.5 Å². The molecule has 82 valence electrons. The molecule has 2 aliphatic rings. The predicted molar refractivity (Wildman–Crippen MR) is 60.2 cm³/mol. The van der Waals surface area contributed by atoms with Crippen LogP contribution in [-0.2, 0) is 11.8 Å². The van der Waals surface area contributed by atoms with Crippen LogP contribution in [0.5, 0.6) is 0 Å². The fraction of sp³-hybridized carbons (Fsp3) is 0.750.